The normalized spacial score (nSPS) is 11.2. The molecule has 3 aromatic carbocycles. The van der Waals surface area contributed by atoms with Gasteiger partial charge < -0.3 is 10.1 Å². The number of benzene rings is 3. The zero-order valence-electron chi connectivity index (χ0n) is 20.0. The molecule has 4 rings (SSSR count). The number of aryl methyl sites for hydroxylation is 1. The summed E-state index contributed by atoms with van der Waals surface area (Å²) >= 11 is 0. The maximum Gasteiger partial charge on any atom is 0.338 e. The second kappa shape index (κ2) is 10.7. The Hall–Kier alpha value is -4.45. The van der Waals surface area contributed by atoms with Gasteiger partial charge in [-0.15, -0.1) is 0 Å². The molecule has 0 bridgehead atoms. The Bertz CT molecular complexity index is 1370. The third-order valence-corrected chi connectivity index (χ3v) is 5.80. The van der Waals surface area contributed by atoms with E-state index in [4.69, 9.17) is 4.74 Å². The number of hydrogen-bond donors (Lipinski definition) is 1. The molecule has 0 fully saturated rings. The van der Waals surface area contributed by atoms with Gasteiger partial charge in [0.15, 0.2) is 0 Å². The minimum Gasteiger partial charge on any atom is -0.465 e. The maximum absolute atomic E-state index is 13.5. The van der Waals surface area contributed by atoms with Crippen molar-refractivity contribution >= 4 is 29.2 Å². The molecule has 0 radical (unpaired) electrons. The number of methoxy groups -OCH3 is 1. The molecule has 0 unspecified atom stereocenters. The topological polar surface area (TPSA) is 73.2 Å². The van der Waals surface area contributed by atoms with Crippen LogP contribution in [0.15, 0.2) is 84.9 Å². The van der Waals surface area contributed by atoms with Crippen LogP contribution in [0.2, 0.25) is 0 Å². The van der Waals surface area contributed by atoms with E-state index in [2.05, 4.69) is 10.4 Å². The second-order valence-corrected chi connectivity index (χ2v) is 8.14. The summed E-state index contributed by atoms with van der Waals surface area (Å²) in [5.41, 5.74) is 5.73. The van der Waals surface area contributed by atoms with Crippen molar-refractivity contribution in [1.29, 1.82) is 0 Å². The van der Waals surface area contributed by atoms with Crippen molar-refractivity contribution in [1.82, 2.24) is 9.78 Å². The fourth-order valence-electron chi connectivity index (χ4n) is 3.95. The summed E-state index contributed by atoms with van der Waals surface area (Å²) in [4.78, 5) is 25.7. The number of rotatable bonds is 7. The van der Waals surface area contributed by atoms with Gasteiger partial charge in [0.25, 0.3) is 5.91 Å². The molecule has 6 nitrogen and oxygen atoms in total. The lowest BCUT2D eigenvalue weighted by atomic mass is 10.0. The monoisotopic (exact) mass is 465 g/mol. The van der Waals surface area contributed by atoms with Gasteiger partial charge in [0, 0.05) is 5.57 Å². The molecule has 4 aromatic rings. The van der Waals surface area contributed by atoms with Crippen LogP contribution in [0.5, 0.6) is 0 Å². The molecule has 0 aliphatic rings. The van der Waals surface area contributed by atoms with E-state index in [1.165, 1.54) is 7.11 Å². The average Bonchev–Trinajstić information content (AvgIpc) is 3.15. The van der Waals surface area contributed by atoms with Gasteiger partial charge in [-0.25, -0.2) is 4.79 Å². The molecule has 1 heterocycles. The Morgan fingerprint density at radius 1 is 0.914 bits per heavy atom. The first-order chi connectivity index (χ1) is 17.0. The zero-order valence-corrected chi connectivity index (χ0v) is 20.0. The Morgan fingerprint density at radius 2 is 1.54 bits per heavy atom. The number of anilines is 1. The molecule has 1 N–H and O–H groups in total. The van der Waals surface area contributed by atoms with E-state index in [9.17, 15) is 9.59 Å². The summed E-state index contributed by atoms with van der Waals surface area (Å²) in [5, 5.41) is 7.70. The predicted octanol–water partition coefficient (Wildman–Crippen LogP) is 5.51. The summed E-state index contributed by atoms with van der Waals surface area (Å²) in [6.45, 7) is 4.13. The number of amides is 1. The van der Waals surface area contributed by atoms with Crippen molar-refractivity contribution in [3.63, 3.8) is 0 Å². The SMILES string of the molecule is COC(=O)c1ccccc1Cn1nc(C)c(NC(=O)/C(=C\c2ccccc2)c2ccccc2)c1C. The number of nitrogens with one attached hydrogen (secondary N) is 1. The van der Waals surface area contributed by atoms with Gasteiger partial charge in [-0.3, -0.25) is 9.48 Å². The molecule has 0 saturated carbocycles. The predicted molar refractivity (Wildman–Crippen MR) is 138 cm³/mol. The molecule has 0 aliphatic heterocycles. The lowest BCUT2D eigenvalue weighted by Crippen LogP contribution is -2.15. The smallest absolute Gasteiger partial charge is 0.338 e. The van der Waals surface area contributed by atoms with E-state index in [0.717, 1.165) is 22.4 Å². The quantitative estimate of drug-likeness (QED) is 0.222. The van der Waals surface area contributed by atoms with Crippen molar-refractivity contribution in [2.24, 2.45) is 0 Å². The van der Waals surface area contributed by atoms with Gasteiger partial charge in [0.2, 0.25) is 0 Å². The van der Waals surface area contributed by atoms with Gasteiger partial charge in [0.1, 0.15) is 0 Å². The largest absolute Gasteiger partial charge is 0.465 e. The van der Waals surface area contributed by atoms with Crippen LogP contribution >= 0.6 is 0 Å². The first-order valence-corrected chi connectivity index (χ1v) is 11.3. The molecule has 0 aliphatic carbocycles. The van der Waals surface area contributed by atoms with Crippen LogP contribution in [-0.2, 0) is 16.1 Å². The van der Waals surface area contributed by atoms with Crippen LogP contribution in [0.3, 0.4) is 0 Å². The van der Waals surface area contributed by atoms with E-state index < -0.39 is 5.97 Å². The Morgan fingerprint density at radius 3 is 2.23 bits per heavy atom. The number of ether oxygens (including phenoxy) is 1. The fourth-order valence-corrected chi connectivity index (χ4v) is 3.95. The van der Waals surface area contributed by atoms with Crippen LogP contribution in [0.4, 0.5) is 5.69 Å². The number of hydrogen-bond acceptors (Lipinski definition) is 4. The molecule has 0 saturated heterocycles. The summed E-state index contributed by atoms with van der Waals surface area (Å²) in [5.74, 6) is -0.616. The Kier molecular flexibility index (Phi) is 7.21. The van der Waals surface area contributed by atoms with E-state index in [1.807, 2.05) is 92.7 Å². The van der Waals surface area contributed by atoms with Gasteiger partial charge in [-0.05, 0) is 42.7 Å². The molecule has 1 amide bonds. The van der Waals surface area contributed by atoms with Crippen LogP contribution in [0, 0.1) is 13.8 Å². The highest BCUT2D eigenvalue weighted by molar-refractivity contribution is 6.29. The van der Waals surface area contributed by atoms with Crippen molar-refractivity contribution in [2.45, 2.75) is 20.4 Å². The van der Waals surface area contributed by atoms with E-state index >= 15 is 0 Å². The van der Waals surface area contributed by atoms with Gasteiger partial charge >= 0.3 is 5.97 Å². The van der Waals surface area contributed by atoms with Crippen molar-refractivity contribution < 1.29 is 14.3 Å². The zero-order chi connectivity index (χ0) is 24.8. The molecular formula is C29H27N3O3. The third-order valence-electron chi connectivity index (χ3n) is 5.80. The van der Waals surface area contributed by atoms with E-state index in [0.29, 0.717) is 29.1 Å². The lowest BCUT2D eigenvalue weighted by molar-refractivity contribution is -0.111. The summed E-state index contributed by atoms with van der Waals surface area (Å²) in [6, 6.07) is 26.6. The molecule has 0 atom stereocenters. The number of esters is 1. The number of carbonyl (C=O) groups is 2. The second-order valence-electron chi connectivity index (χ2n) is 8.14. The highest BCUT2D eigenvalue weighted by Crippen LogP contribution is 2.25. The maximum atomic E-state index is 13.5. The number of nitrogens with zero attached hydrogens (tertiary/aromatic N) is 2. The third kappa shape index (κ3) is 5.38. The highest BCUT2D eigenvalue weighted by atomic mass is 16.5. The Labute approximate surface area is 204 Å². The van der Waals surface area contributed by atoms with E-state index in [1.54, 1.807) is 16.8 Å². The van der Waals surface area contributed by atoms with Gasteiger partial charge in [0.05, 0.1) is 36.3 Å². The fraction of sp³-hybridized carbons (Fsp3) is 0.138. The molecule has 0 spiro atoms. The number of carbonyl (C=O) groups excluding carboxylic acids is 2. The van der Waals surface area contributed by atoms with Crippen LogP contribution in [0.25, 0.3) is 11.6 Å². The molecular weight excluding hydrogens is 438 g/mol. The summed E-state index contributed by atoms with van der Waals surface area (Å²) < 4.78 is 6.70. The molecule has 35 heavy (non-hydrogen) atoms. The Balaban J connectivity index is 1.65. The lowest BCUT2D eigenvalue weighted by Gasteiger charge is -2.12. The summed E-state index contributed by atoms with van der Waals surface area (Å²) in [7, 11) is 1.36. The van der Waals surface area contributed by atoms with Gasteiger partial charge in [-0.2, -0.15) is 5.10 Å². The summed E-state index contributed by atoms with van der Waals surface area (Å²) in [6.07, 6.45) is 1.88. The van der Waals surface area contributed by atoms with Crippen LogP contribution in [0.1, 0.15) is 38.4 Å². The average molecular weight is 466 g/mol. The van der Waals surface area contributed by atoms with Gasteiger partial charge in [-0.1, -0.05) is 78.9 Å². The van der Waals surface area contributed by atoms with Crippen molar-refractivity contribution in [3.8, 4) is 0 Å². The minimum absolute atomic E-state index is 0.222. The van der Waals surface area contributed by atoms with Crippen LogP contribution in [-0.4, -0.2) is 28.8 Å². The van der Waals surface area contributed by atoms with Crippen molar-refractivity contribution in [2.75, 3.05) is 12.4 Å². The highest BCUT2D eigenvalue weighted by Gasteiger charge is 2.19. The number of aromatic nitrogens is 2. The minimum atomic E-state index is -0.394. The standard InChI is InChI=1S/C29H27N3O3/c1-20-27(21(2)32(31-20)19-24-16-10-11-17-25(24)29(34)35-3)30-28(33)26(23-14-8-5-9-15-23)18-22-12-6-4-7-13-22/h4-18H,19H2,1-3H3,(H,30,33)/b26-18-. The first-order valence-electron chi connectivity index (χ1n) is 11.3. The first kappa shape index (κ1) is 23.7. The van der Waals surface area contributed by atoms with Crippen LogP contribution < -0.4 is 5.32 Å². The van der Waals surface area contributed by atoms with E-state index in [-0.39, 0.29) is 5.91 Å². The molecule has 1 aromatic heterocycles. The molecule has 176 valence electrons. The van der Waals surface area contributed by atoms with Crippen molar-refractivity contribution in [3.05, 3.63) is 119 Å². The molecule has 6 heteroatoms.